The van der Waals surface area contributed by atoms with E-state index in [0.29, 0.717) is 0 Å². The third-order valence-corrected chi connectivity index (χ3v) is 7.08. The summed E-state index contributed by atoms with van der Waals surface area (Å²) < 4.78 is 0. The quantitative estimate of drug-likeness (QED) is 0.546. The summed E-state index contributed by atoms with van der Waals surface area (Å²) >= 11 is 0. The standard InChI is InChI=1S/C19H32/c1-10-11(2)15(6)18(14(10)5)9-19-16(7)12(3)13(4)17(19)8/h10,12,14,16,18-19H,9H2,1-8H3/t10?,12?,14?,16?,18-,19-/m0/s1. The number of hydrogen-bond acceptors (Lipinski definition) is 0. The van der Waals surface area contributed by atoms with E-state index in [-0.39, 0.29) is 0 Å². The zero-order chi connectivity index (χ0) is 14.5. The molecule has 0 heterocycles. The van der Waals surface area contributed by atoms with Crippen molar-refractivity contribution in [3.05, 3.63) is 22.3 Å². The fraction of sp³-hybridized carbons (Fsp3) is 0.789. The van der Waals surface area contributed by atoms with E-state index in [1.54, 1.807) is 22.3 Å². The maximum atomic E-state index is 2.46. The van der Waals surface area contributed by atoms with Crippen LogP contribution >= 0.6 is 0 Å². The van der Waals surface area contributed by atoms with E-state index in [2.05, 4.69) is 55.4 Å². The molecular formula is C19H32. The Morgan fingerprint density at radius 2 is 0.895 bits per heavy atom. The molecule has 0 aromatic carbocycles. The lowest BCUT2D eigenvalue weighted by atomic mass is 9.76. The average Bonchev–Trinajstić information content (AvgIpc) is 2.68. The van der Waals surface area contributed by atoms with Gasteiger partial charge < -0.3 is 0 Å². The van der Waals surface area contributed by atoms with Gasteiger partial charge in [-0.1, -0.05) is 50.0 Å². The second kappa shape index (κ2) is 5.11. The lowest BCUT2D eigenvalue weighted by Crippen LogP contribution is -2.20. The predicted octanol–water partition coefficient (Wildman–Crippen LogP) is 5.85. The third kappa shape index (κ3) is 2.22. The van der Waals surface area contributed by atoms with Crippen molar-refractivity contribution >= 4 is 0 Å². The number of rotatable bonds is 2. The molecule has 19 heavy (non-hydrogen) atoms. The molecule has 0 radical (unpaired) electrons. The molecule has 4 unspecified atom stereocenters. The third-order valence-electron chi connectivity index (χ3n) is 7.08. The van der Waals surface area contributed by atoms with Crippen molar-refractivity contribution in [1.82, 2.24) is 0 Å². The first-order chi connectivity index (χ1) is 8.77. The summed E-state index contributed by atoms with van der Waals surface area (Å²) in [7, 11) is 0. The van der Waals surface area contributed by atoms with Gasteiger partial charge in [-0.2, -0.15) is 0 Å². The lowest BCUT2D eigenvalue weighted by Gasteiger charge is -2.28. The van der Waals surface area contributed by atoms with Crippen molar-refractivity contribution in [3.8, 4) is 0 Å². The van der Waals surface area contributed by atoms with Gasteiger partial charge in [-0.05, 0) is 69.6 Å². The highest BCUT2D eigenvalue weighted by Crippen LogP contribution is 2.50. The molecule has 0 aromatic rings. The van der Waals surface area contributed by atoms with E-state index in [1.165, 1.54) is 6.42 Å². The highest BCUT2D eigenvalue weighted by atomic mass is 14.4. The van der Waals surface area contributed by atoms with E-state index in [1.807, 2.05) is 0 Å². The molecule has 0 spiro atoms. The maximum absolute atomic E-state index is 2.46. The average molecular weight is 260 g/mol. The number of allylic oxidation sites excluding steroid dienone is 4. The minimum atomic E-state index is 0.782. The van der Waals surface area contributed by atoms with E-state index >= 15 is 0 Å². The largest absolute Gasteiger partial charge is 0.0710 e. The van der Waals surface area contributed by atoms with Crippen LogP contribution in [0.25, 0.3) is 0 Å². The minimum Gasteiger partial charge on any atom is -0.0710 e. The maximum Gasteiger partial charge on any atom is -0.0166 e. The summed E-state index contributed by atoms with van der Waals surface area (Å²) in [5.41, 5.74) is 6.71. The Kier molecular flexibility index (Phi) is 4.00. The summed E-state index contributed by atoms with van der Waals surface area (Å²) in [5.74, 6) is 4.85. The van der Waals surface area contributed by atoms with Crippen LogP contribution in [0.15, 0.2) is 22.3 Å². The van der Waals surface area contributed by atoms with Crippen molar-refractivity contribution in [3.63, 3.8) is 0 Å². The molecule has 0 saturated carbocycles. The first-order valence-electron chi connectivity index (χ1n) is 8.11. The molecule has 6 atom stereocenters. The van der Waals surface area contributed by atoms with Gasteiger partial charge in [0.2, 0.25) is 0 Å². The topological polar surface area (TPSA) is 0 Å². The second-order valence-electron chi connectivity index (χ2n) is 7.48. The molecular weight excluding hydrogens is 228 g/mol. The van der Waals surface area contributed by atoms with Gasteiger partial charge in [0.1, 0.15) is 0 Å². The molecule has 108 valence electrons. The molecule has 0 aromatic heterocycles. The van der Waals surface area contributed by atoms with Crippen LogP contribution in [0.5, 0.6) is 0 Å². The van der Waals surface area contributed by atoms with E-state index in [0.717, 1.165) is 35.5 Å². The van der Waals surface area contributed by atoms with Crippen LogP contribution in [0.4, 0.5) is 0 Å². The van der Waals surface area contributed by atoms with E-state index < -0.39 is 0 Å². The van der Waals surface area contributed by atoms with Gasteiger partial charge in [-0.25, -0.2) is 0 Å². The highest BCUT2D eigenvalue weighted by Gasteiger charge is 2.39. The molecule has 0 aliphatic heterocycles. The summed E-state index contributed by atoms with van der Waals surface area (Å²) in [6, 6.07) is 0. The Hall–Kier alpha value is -0.520. The van der Waals surface area contributed by atoms with Gasteiger partial charge in [-0.15, -0.1) is 0 Å². The molecule has 0 N–H and O–H groups in total. The van der Waals surface area contributed by atoms with Crippen molar-refractivity contribution in [2.45, 2.75) is 61.8 Å². The summed E-state index contributed by atoms with van der Waals surface area (Å²) in [6.45, 7) is 19.2. The van der Waals surface area contributed by atoms with Crippen molar-refractivity contribution in [2.75, 3.05) is 0 Å². The van der Waals surface area contributed by atoms with Gasteiger partial charge in [0.15, 0.2) is 0 Å². The van der Waals surface area contributed by atoms with Crippen LogP contribution in [0.1, 0.15) is 61.8 Å². The summed E-state index contributed by atoms with van der Waals surface area (Å²) in [4.78, 5) is 0. The van der Waals surface area contributed by atoms with Crippen LogP contribution in [0, 0.1) is 35.5 Å². The Bertz CT molecular complexity index is 383. The number of hydrogen-bond donors (Lipinski definition) is 0. The smallest absolute Gasteiger partial charge is 0.0166 e. The van der Waals surface area contributed by atoms with Crippen molar-refractivity contribution in [2.24, 2.45) is 35.5 Å². The Balaban J connectivity index is 2.19. The van der Waals surface area contributed by atoms with Gasteiger partial charge in [0, 0.05) is 0 Å². The fourth-order valence-electron chi connectivity index (χ4n) is 4.63. The zero-order valence-electron chi connectivity index (χ0n) is 14.2. The molecule has 2 aliphatic rings. The summed E-state index contributed by atoms with van der Waals surface area (Å²) in [5, 5.41) is 0. The predicted molar refractivity (Wildman–Crippen MR) is 85.0 cm³/mol. The van der Waals surface area contributed by atoms with Gasteiger partial charge in [0.05, 0.1) is 0 Å². The van der Waals surface area contributed by atoms with Crippen LogP contribution in [0.3, 0.4) is 0 Å². The van der Waals surface area contributed by atoms with Gasteiger partial charge in [0.25, 0.3) is 0 Å². The molecule has 2 rings (SSSR count). The fourth-order valence-corrected chi connectivity index (χ4v) is 4.63. The van der Waals surface area contributed by atoms with Crippen LogP contribution in [0.2, 0.25) is 0 Å². The van der Waals surface area contributed by atoms with Crippen LogP contribution in [-0.2, 0) is 0 Å². The first kappa shape index (κ1) is 14.9. The molecule has 0 heteroatoms. The first-order valence-corrected chi connectivity index (χ1v) is 8.11. The Labute approximate surface area is 120 Å². The monoisotopic (exact) mass is 260 g/mol. The summed E-state index contributed by atoms with van der Waals surface area (Å²) in [6.07, 6.45) is 1.38. The van der Waals surface area contributed by atoms with Crippen LogP contribution in [-0.4, -0.2) is 0 Å². The van der Waals surface area contributed by atoms with E-state index in [4.69, 9.17) is 0 Å². The van der Waals surface area contributed by atoms with Crippen molar-refractivity contribution < 1.29 is 0 Å². The molecule has 0 saturated heterocycles. The van der Waals surface area contributed by atoms with Gasteiger partial charge in [-0.3, -0.25) is 0 Å². The zero-order valence-corrected chi connectivity index (χ0v) is 14.2. The Morgan fingerprint density at radius 1 is 0.579 bits per heavy atom. The lowest BCUT2D eigenvalue weighted by molar-refractivity contribution is 0.267. The molecule has 0 amide bonds. The molecule has 0 fully saturated rings. The van der Waals surface area contributed by atoms with Crippen molar-refractivity contribution in [1.29, 1.82) is 0 Å². The highest BCUT2D eigenvalue weighted by molar-refractivity contribution is 5.28. The van der Waals surface area contributed by atoms with Crippen LogP contribution < -0.4 is 0 Å². The minimum absolute atomic E-state index is 0.782. The SMILES string of the molecule is CC1=C(C)[C@@H](C[C@@H]2C(C)=C(C)C(C)C2C)C(C)C1C. The molecule has 2 aliphatic carbocycles. The van der Waals surface area contributed by atoms with Gasteiger partial charge >= 0.3 is 0 Å². The van der Waals surface area contributed by atoms with E-state index in [9.17, 15) is 0 Å². The Morgan fingerprint density at radius 3 is 1.11 bits per heavy atom. The second-order valence-corrected chi connectivity index (χ2v) is 7.48. The molecule has 0 bridgehead atoms. The normalized spacial score (nSPS) is 43.6. The molecule has 0 nitrogen and oxygen atoms in total.